The predicted molar refractivity (Wildman–Crippen MR) is 90.8 cm³/mol. The van der Waals surface area contributed by atoms with Gasteiger partial charge < -0.3 is 39.0 Å². The van der Waals surface area contributed by atoms with Crippen LogP contribution in [0.4, 0.5) is 0 Å². The van der Waals surface area contributed by atoms with Gasteiger partial charge in [-0.05, 0) is 0 Å². The number of hydrogen-bond acceptors (Lipinski definition) is 10. The van der Waals surface area contributed by atoms with Crippen LogP contribution in [0.15, 0.2) is 21.9 Å². The minimum Gasteiger partial charge on any atom is -0.387 e. The van der Waals surface area contributed by atoms with Crippen molar-refractivity contribution in [2.75, 3.05) is 12.5 Å². The van der Waals surface area contributed by atoms with E-state index < -0.39 is 71.3 Å². The highest BCUT2D eigenvalue weighted by Crippen LogP contribution is 2.64. The fourth-order valence-electron chi connectivity index (χ4n) is 2.37. The highest BCUT2D eigenvalue weighted by atomic mass is 31.3. The number of nitrogens with zero attached hydrogens (tertiary/aromatic N) is 1. The highest BCUT2D eigenvalue weighted by Gasteiger charge is 2.46. The smallest absolute Gasteiger partial charge is 0.387 e. The zero-order chi connectivity index (χ0) is 22.2. The summed E-state index contributed by atoms with van der Waals surface area (Å²) in [6.45, 7) is -0.920. The second-order valence-electron chi connectivity index (χ2n) is 5.85. The van der Waals surface area contributed by atoms with Crippen LogP contribution in [0.3, 0.4) is 0 Å². The van der Waals surface area contributed by atoms with Crippen LogP contribution in [0.2, 0.25) is 0 Å². The number of H-pyrrole nitrogens is 1. The van der Waals surface area contributed by atoms with E-state index in [9.17, 15) is 43.3 Å². The molecule has 19 heteroatoms. The van der Waals surface area contributed by atoms with Gasteiger partial charge in [0, 0.05) is 12.3 Å². The minimum absolute atomic E-state index is 0.730. The van der Waals surface area contributed by atoms with E-state index >= 15 is 0 Å². The molecule has 6 unspecified atom stereocenters. The molecule has 1 aromatic rings. The first-order valence-corrected chi connectivity index (χ1v) is 12.5. The third kappa shape index (κ3) is 6.76. The van der Waals surface area contributed by atoms with Crippen LogP contribution in [0, 0.1) is 0 Å². The summed E-state index contributed by atoms with van der Waals surface area (Å²) < 4.78 is 48.0. The van der Waals surface area contributed by atoms with E-state index in [1.807, 2.05) is 4.98 Å². The van der Waals surface area contributed by atoms with Crippen LogP contribution in [0.1, 0.15) is 6.23 Å². The molecule has 166 valence electrons. The summed E-state index contributed by atoms with van der Waals surface area (Å²) in [6, 6.07) is 0.940. The summed E-state index contributed by atoms with van der Waals surface area (Å²) >= 11 is 0. The molecule has 0 aliphatic carbocycles. The lowest BCUT2D eigenvalue weighted by Crippen LogP contribution is -2.37. The molecule has 2 rings (SSSR count). The third-order valence-electron chi connectivity index (χ3n) is 3.49. The monoisotopic (exact) mass is 482 g/mol. The van der Waals surface area contributed by atoms with E-state index in [2.05, 4.69) is 8.83 Å². The molecule has 1 aliphatic heterocycles. The molecule has 2 heterocycles. The van der Waals surface area contributed by atoms with Gasteiger partial charge >= 0.3 is 28.7 Å². The van der Waals surface area contributed by atoms with Gasteiger partial charge in [0.05, 0.1) is 6.61 Å². The number of aromatic amines is 1. The fourth-order valence-corrected chi connectivity index (χ4v) is 6.89. The zero-order valence-corrected chi connectivity index (χ0v) is 16.8. The Labute approximate surface area is 160 Å². The van der Waals surface area contributed by atoms with E-state index in [0.717, 1.165) is 16.8 Å². The first-order chi connectivity index (χ1) is 13.1. The molecule has 29 heavy (non-hydrogen) atoms. The Morgan fingerprint density at radius 1 is 1.07 bits per heavy atom. The zero-order valence-electron chi connectivity index (χ0n) is 14.1. The molecule has 7 N–H and O–H groups in total. The molecule has 1 fully saturated rings. The van der Waals surface area contributed by atoms with Crippen LogP contribution in [-0.4, -0.2) is 70.2 Å². The normalized spacial score (nSPS) is 29.3. The second-order valence-corrected chi connectivity index (χ2v) is 11.4. The Morgan fingerprint density at radius 2 is 1.69 bits per heavy atom. The van der Waals surface area contributed by atoms with Crippen LogP contribution >= 0.6 is 23.0 Å². The van der Waals surface area contributed by atoms with Gasteiger partial charge in [0.2, 0.25) is 0 Å². The van der Waals surface area contributed by atoms with Crippen molar-refractivity contribution in [1.29, 1.82) is 0 Å². The minimum atomic E-state index is -5.44. The Morgan fingerprint density at radius 3 is 2.24 bits per heavy atom. The van der Waals surface area contributed by atoms with Gasteiger partial charge in [0.1, 0.15) is 18.3 Å². The SMILES string of the molecule is O=c1ccn(C2OC(COP(=O)(O)CP(=O)(O)OP(=O)(O)O)C(O)C2O)c(=O)[nH]1. The lowest BCUT2D eigenvalue weighted by atomic mass is 10.1. The van der Waals surface area contributed by atoms with Gasteiger partial charge in [-0.2, -0.15) is 0 Å². The summed E-state index contributed by atoms with van der Waals surface area (Å²) in [7, 11) is -15.6. The molecule has 0 aromatic carbocycles. The molecule has 0 bridgehead atoms. The maximum Gasteiger partial charge on any atom is 0.476 e. The molecule has 1 saturated heterocycles. The molecule has 1 aliphatic rings. The Bertz CT molecular complexity index is 998. The van der Waals surface area contributed by atoms with Gasteiger partial charge in [0.25, 0.3) is 5.56 Å². The molecular formula is C10H17N2O14P3. The standard InChI is InChI=1S/C10H17N2O14P3/c13-6-1-2-12(10(16)11-6)9-8(15)7(14)5(25-9)3-24-27(17,18)4-28(19,20)26-29(21,22)23/h1-2,5,7-9,14-15H,3-4H2,(H,17,18)(H,19,20)(H,11,13,16)(H2,21,22,23). The van der Waals surface area contributed by atoms with Crippen molar-refractivity contribution in [2.45, 2.75) is 24.5 Å². The molecular weight excluding hydrogens is 465 g/mol. The van der Waals surface area contributed by atoms with Crippen molar-refractivity contribution in [3.63, 3.8) is 0 Å². The van der Waals surface area contributed by atoms with Crippen molar-refractivity contribution >= 4 is 23.0 Å². The maximum atomic E-state index is 11.9. The molecule has 6 atom stereocenters. The fraction of sp³-hybridized carbons (Fsp3) is 0.600. The number of rotatable bonds is 8. The predicted octanol–water partition coefficient (Wildman–Crippen LogP) is -2.39. The Hall–Kier alpha value is -0.990. The quantitative estimate of drug-likeness (QED) is 0.191. The summed E-state index contributed by atoms with van der Waals surface area (Å²) in [5, 5.41) is 20.0. The number of aliphatic hydroxyl groups excluding tert-OH is 2. The van der Waals surface area contributed by atoms with Crippen LogP contribution in [0.5, 0.6) is 0 Å². The molecule has 1 aromatic heterocycles. The number of aliphatic hydroxyl groups is 2. The van der Waals surface area contributed by atoms with Gasteiger partial charge in [0.15, 0.2) is 12.1 Å². The van der Waals surface area contributed by atoms with Crippen molar-refractivity contribution in [3.05, 3.63) is 33.1 Å². The first-order valence-electron chi connectivity index (χ1n) is 7.48. The van der Waals surface area contributed by atoms with Crippen molar-refractivity contribution in [1.82, 2.24) is 9.55 Å². The third-order valence-corrected chi connectivity index (χ3v) is 8.78. The van der Waals surface area contributed by atoms with Crippen LogP contribution in [0.25, 0.3) is 0 Å². The van der Waals surface area contributed by atoms with Crippen molar-refractivity contribution in [3.8, 4) is 0 Å². The summed E-state index contributed by atoms with van der Waals surface area (Å²) in [5.74, 6) is -1.68. The number of hydrogen-bond donors (Lipinski definition) is 7. The van der Waals surface area contributed by atoms with E-state index in [4.69, 9.17) is 14.5 Å². The number of nitrogens with one attached hydrogen (secondary N) is 1. The van der Waals surface area contributed by atoms with Gasteiger partial charge in [-0.25, -0.2) is 13.7 Å². The topological polar surface area (TPSA) is 255 Å². The summed E-state index contributed by atoms with van der Waals surface area (Å²) in [6.07, 6.45) is -5.46. The van der Waals surface area contributed by atoms with Crippen molar-refractivity contribution in [2.24, 2.45) is 0 Å². The summed E-state index contributed by atoms with van der Waals surface area (Å²) in [5.41, 5.74) is -1.70. The van der Waals surface area contributed by atoms with Crippen LogP contribution < -0.4 is 11.2 Å². The average molecular weight is 482 g/mol. The first kappa shape index (κ1) is 24.3. The largest absolute Gasteiger partial charge is 0.476 e. The average Bonchev–Trinajstić information content (AvgIpc) is 2.78. The van der Waals surface area contributed by atoms with Gasteiger partial charge in [-0.1, -0.05) is 0 Å². The molecule has 0 radical (unpaired) electrons. The van der Waals surface area contributed by atoms with Crippen LogP contribution in [-0.2, 0) is 27.3 Å². The lowest BCUT2D eigenvalue weighted by Gasteiger charge is -2.19. The van der Waals surface area contributed by atoms with E-state index in [1.54, 1.807) is 0 Å². The van der Waals surface area contributed by atoms with E-state index in [1.165, 1.54) is 0 Å². The second kappa shape index (κ2) is 8.63. The van der Waals surface area contributed by atoms with Gasteiger partial charge in [-0.3, -0.25) is 23.5 Å². The summed E-state index contributed by atoms with van der Waals surface area (Å²) in [4.78, 5) is 60.6. The lowest BCUT2D eigenvalue weighted by molar-refractivity contribution is -0.0524. The molecule has 0 amide bonds. The van der Waals surface area contributed by atoms with Crippen molar-refractivity contribution < 1.29 is 57.1 Å². The molecule has 16 nitrogen and oxygen atoms in total. The van der Waals surface area contributed by atoms with E-state index in [0.29, 0.717) is 0 Å². The Kier molecular flexibility index (Phi) is 7.23. The molecule has 0 saturated carbocycles. The number of ether oxygens (including phenoxy) is 1. The maximum absolute atomic E-state index is 11.9. The number of aromatic nitrogens is 2. The van der Waals surface area contributed by atoms with E-state index in [-0.39, 0.29) is 0 Å². The number of phosphoric acid groups is 1. The highest BCUT2D eigenvalue weighted by molar-refractivity contribution is 7.74. The van der Waals surface area contributed by atoms with Gasteiger partial charge in [-0.15, -0.1) is 0 Å². The molecule has 0 spiro atoms. The Balaban J connectivity index is 2.06.